The summed E-state index contributed by atoms with van der Waals surface area (Å²) in [6.45, 7) is 0.00538. The topological polar surface area (TPSA) is 101 Å². The van der Waals surface area contributed by atoms with Crippen LogP contribution in [0.4, 0.5) is 0 Å². The van der Waals surface area contributed by atoms with Crippen LogP contribution in [0.15, 0.2) is 0 Å². The van der Waals surface area contributed by atoms with Crippen molar-refractivity contribution in [3.8, 4) is 0 Å². The molecule has 0 aromatic heterocycles. The van der Waals surface area contributed by atoms with Crippen molar-refractivity contribution in [1.29, 1.82) is 0 Å². The average molecular weight is 288 g/mol. The summed E-state index contributed by atoms with van der Waals surface area (Å²) in [5.41, 5.74) is 0. The highest BCUT2D eigenvalue weighted by molar-refractivity contribution is 7.91. The van der Waals surface area contributed by atoms with E-state index in [0.717, 1.165) is 4.90 Å². The quantitative estimate of drug-likeness (QED) is 0.647. The van der Waals surface area contributed by atoms with Crippen LogP contribution in [0.3, 0.4) is 0 Å². The van der Waals surface area contributed by atoms with Crippen LogP contribution in [0.2, 0.25) is 0 Å². The van der Waals surface area contributed by atoms with E-state index in [2.05, 4.69) is 5.32 Å². The monoisotopic (exact) mass is 288 g/mol. The molecule has 0 saturated carbocycles. The zero-order chi connectivity index (χ0) is 14.0. The Labute approximate surface area is 111 Å². The van der Waals surface area contributed by atoms with Gasteiger partial charge in [0.2, 0.25) is 17.7 Å². The summed E-state index contributed by atoms with van der Waals surface area (Å²) in [6, 6.07) is 0. The van der Waals surface area contributed by atoms with Gasteiger partial charge in [0.05, 0.1) is 11.5 Å². The molecule has 0 bridgehead atoms. The summed E-state index contributed by atoms with van der Waals surface area (Å²) in [5.74, 6) is -0.898. The van der Waals surface area contributed by atoms with Crippen LogP contribution in [0.25, 0.3) is 0 Å². The van der Waals surface area contributed by atoms with Gasteiger partial charge in [-0.05, 0) is 12.3 Å². The van der Waals surface area contributed by atoms with E-state index in [9.17, 15) is 22.8 Å². The molecule has 0 aliphatic carbocycles. The maximum atomic E-state index is 11.6. The van der Waals surface area contributed by atoms with Gasteiger partial charge in [0.25, 0.3) is 0 Å². The Morgan fingerprint density at radius 2 is 1.89 bits per heavy atom. The summed E-state index contributed by atoms with van der Waals surface area (Å²) in [5, 5.41) is 2.58. The van der Waals surface area contributed by atoms with Crippen LogP contribution >= 0.6 is 0 Å². The summed E-state index contributed by atoms with van der Waals surface area (Å²) >= 11 is 0. The molecule has 2 aliphatic rings. The van der Waals surface area contributed by atoms with Gasteiger partial charge in [0, 0.05) is 19.4 Å². The normalized spacial score (nSPS) is 25.9. The molecule has 0 radical (unpaired) electrons. The molecule has 19 heavy (non-hydrogen) atoms. The Bertz CT molecular complexity index is 497. The SMILES string of the molecule is O=C(CN1C(=O)CCC1=O)NCC1CCS(=O)(=O)C1. The molecule has 1 unspecified atom stereocenters. The van der Waals surface area contributed by atoms with Crippen LogP contribution in [0.1, 0.15) is 19.3 Å². The second-order valence-electron chi connectivity index (χ2n) is 4.95. The number of likely N-dealkylation sites (tertiary alicyclic amines) is 1. The van der Waals surface area contributed by atoms with Crippen LogP contribution in [0.5, 0.6) is 0 Å². The first-order chi connectivity index (χ1) is 8.87. The zero-order valence-corrected chi connectivity index (χ0v) is 11.2. The molecule has 2 heterocycles. The highest BCUT2D eigenvalue weighted by atomic mass is 32.2. The minimum Gasteiger partial charge on any atom is -0.354 e. The number of amides is 3. The highest BCUT2D eigenvalue weighted by Crippen LogP contribution is 2.17. The van der Waals surface area contributed by atoms with Crippen LogP contribution in [-0.4, -0.2) is 55.6 Å². The molecule has 2 aliphatic heterocycles. The number of hydrogen-bond acceptors (Lipinski definition) is 5. The first-order valence-electron chi connectivity index (χ1n) is 6.18. The number of nitrogens with one attached hydrogen (secondary N) is 1. The van der Waals surface area contributed by atoms with Crippen molar-refractivity contribution in [3.63, 3.8) is 0 Å². The average Bonchev–Trinajstić information content (AvgIpc) is 2.83. The molecular formula is C11H16N2O5S. The van der Waals surface area contributed by atoms with Crippen molar-refractivity contribution >= 4 is 27.6 Å². The Balaban J connectivity index is 1.76. The lowest BCUT2D eigenvalue weighted by atomic mass is 10.1. The molecule has 7 nitrogen and oxygen atoms in total. The van der Waals surface area contributed by atoms with Gasteiger partial charge in [-0.2, -0.15) is 0 Å². The standard InChI is InChI=1S/C11H16N2O5S/c14-9(6-13-10(15)1-2-11(13)16)12-5-8-3-4-19(17,18)7-8/h8H,1-7H2,(H,12,14). The van der Waals surface area contributed by atoms with Gasteiger partial charge in [-0.1, -0.05) is 0 Å². The first-order valence-corrected chi connectivity index (χ1v) is 8.00. The third kappa shape index (κ3) is 3.52. The zero-order valence-electron chi connectivity index (χ0n) is 10.4. The van der Waals surface area contributed by atoms with E-state index in [1.54, 1.807) is 0 Å². The molecule has 2 fully saturated rings. The van der Waals surface area contributed by atoms with Gasteiger partial charge in [-0.25, -0.2) is 8.42 Å². The minimum atomic E-state index is -2.95. The molecular weight excluding hydrogens is 272 g/mol. The lowest BCUT2D eigenvalue weighted by molar-refractivity contribution is -0.142. The summed E-state index contributed by atoms with van der Waals surface area (Å²) in [4.78, 5) is 35.2. The third-order valence-corrected chi connectivity index (χ3v) is 5.21. The molecule has 0 aromatic rings. The Kier molecular flexibility index (Phi) is 3.88. The number of carbonyl (C=O) groups is 3. The first kappa shape index (κ1) is 14.0. The van der Waals surface area contributed by atoms with E-state index in [1.807, 2.05) is 0 Å². The van der Waals surface area contributed by atoms with Gasteiger partial charge in [0.15, 0.2) is 9.84 Å². The molecule has 2 saturated heterocycles. The Hall–Kier alpha value is -1.44. The van der Waals surface area contributed by atoms with Crippen molar-refractivity contribution in [3.05, 3.63) is 0 Å². The number of sulfone groups is 1. The number of rotatable bonds is 4. The molecule has 2 rings (SSSR count). The molecule has 0 aromatic carbocycles. The molecule has 8 heteroatoms. The Morgan fingerprint density at radius 3 is 2.42 bits per heavy atom. The van der Waals surface area contributed by atoms with Crippen molar-refractivity contribution < 1.29 is 22.8 Å². The van der Waals surface area contributed by atoms with E-state index in [-0.39, 0.29) is 55.2 Å². The highest BCUT2D eigenvalue weighted by Gasteiger charge is 2.31. The van der Waals surface area contributed by atoms with E-state index < -0.39 is 15.7 Å². The van der Waals surface area contributed by atoms with Gasteiger partial charge in [0.1, 0.15) is 6.54 Å². The molecule has 3 amide bonds. The number of imide groups is 1. The maximum absolute atomic E-state index is 11.6. The van der Waals surface area contributed by atoms with Gasteiger partial charge < -0.3 is 5.32 Å². The lowest BCUT2D eigenvalue weighted by Gasteiger charge is -2.14. The van der Waals surface area contributed by atoms with Gasteiger partial charge >= 0.3 is 0 Å². The largest absolute Gasteiger partial charge is 0.354 e. The molecule has 106 valence electrons. The number of carbonyl (C=O) groups excluding carboxylic acids is 3. The smallest absolute Gasteiger partial charge is 0.240 e. The summed E-state index contributed by atoms with van der Waals surface area (Å²) in [6.07, 6.45) is 0.865. The number of hydrogen-bond donors (Lipinski definition) is 1. The van der Waals surface area contributed by atoms with E-state index in [0.29, 0.717) is 6.42 Å². The predicted molar refractivity (Wildman–Crippen MR) is 65.7 cm³/mol. The van der Waals surface area contributed by atoms with Crippen molar-refractivity contribution in [2.45, 2.75) is 19.3 Å². The molecule has 0 spiro atoms. The fourth-order valence-electron chi connectivity index (χ4n) is 2.29. The van der Waals surface area contributed by atoms with E-state index in [4.69, 9.17) is 0 Å². The fraction of sp³-hybridized carbons (Fsp3) is 0.727. The summed E-state index contributed by atoms with van der Waals surface area (Å²) < 4.78 is 22.5. The van der Waals surface area contributed by atoms with Crippen LogP contribution in [0, 0.1) is 5.92 Å². The minimum absolute atomic E-state index is 0.0704. The second-order valence-corrected chi connectivity index (χ2v) is 7.18. The van der Waals surface area contributed by atoms with Crippen molar-refractivity contribution in [2.75, 3.05) is 24.6 Å². The van der Waals surface area contributed by atoms with Crippen molar-refractivity contribution in [1.82, 2.24) is 10.2 Å². The Morgan fingerprint density at radius 1 is 1.26 bits per heavy atom. The second kappa shape index (κ2) is 5.28. The van der Waals surface area contributed by atoms with Gasteiger partial charge in [-0.3, -0.25) is 19.3 Å². The molecule has 1 atom stereocenters. The van der Waals surface area contributed by atoms with Crippen molar-refractivity contribution in [2.24, 2.45) is 5.92 Å². The third-order valence-electron chi connectivity index (χ3n) is 3.37. The maximum Gasteiger partial charge on any atom is 0.240 e. The van der Waals surface area contributed by atoms with Crippen LogP contribution < -0.4 is 5.32 Å². The molecule has 1 N–H and O–H groups in total. The van der Waals surface area contributed by atoms with E-state index >= 15 is 0 Å². The van der Waals surface area contributed by atoms with Crippen LogP contribution in [-0.2, 0) is 24.2 Å². The van der Waals surface area contributed by atoms with Gasteiger partial charge in [-0.15, -0.1) is 0 Å². The lowest BCUT2D eigenvalue weighted by Crippen LogP contribution is -2.41. The van der Waals surface area contributed by atoms with E-state index in [1.165, 1.54) is 0 Å². The number of nitrogens with zero attached hydrogens (tertiary/aromatic N) is 1. The summed E-state index contributed by atoms with van der Waals surface area (Å²) in [7, 11) is -2.95. The fourth-order valence-corrected chi connectivity index (χ4v) is 4.15. The predicted octanol–water partition coefficient (Wildman–Crippen LogP) is -1.31.